The lowest BCUT2D eigenvalue weighted by molar-refractivity contribution is -0.389. The molecule has 3 aromatic rings. The molecule has 26 heavy (non-hydrogen) atoms. The number of fused-ring (bicyclic) bond motifs is 1. The van der Waals surface area contributed by atoms with Gasteiger partial charge >= 0.3 is 17.6 Å². The summed E-state index contributed by atoms with van der Waals surface area (Å²) in [6.07, 6.45) is -4.76. The molecule has 0 aliphatic heterocycles. The van der Waals surface area contributed by atoms with Crippen LogP contribution in [0.1, 0.15) is 16.1 Å². The first kappa shape index (κ1) is 17.1. The Morgan fingerprint density at radius 2 is 2.00 bits per heavy atom. The van der Waals surface area contributed by atoms with Crippen molar-refractivity contribution in [3.63, 3.8) is 0 Å². The highest BCUT2D eigenvalue weighted by Gasteiger charge is 2.33. The van der Waals surface area contributed by atoms with Crippen LogP contribution >= 0.6 is 0 Å². The number of rotatable bonds is 3. The lowest BCUT2D eigenvalue weighted by atomic mass is 10.1. The number of H-pyrrole nitrogens is 1. The fourth-order valence-electron chi connectivity index (χ4n) is 2.19. The highest BCUT2D eigenvalue weighted by atomic mass is 19.4. The summed E-state index contributed by atoms with van der Waals surface area (Å²) in [5.41, 5.74) is -3.03. The summed E-state index contributed by atoms with van der Waals surface area (Å²) in [5.74, 6) is -1.35. The van der Waals surface area contributed by atoms with Crippen molar-refractivity contribution in [3.05, 3.63) is 62.1 Å². The van der Waals surface area contributed by atoms with Crippen molar-refractivity contribution in [3.8, 4) is 0 Å². The number of carbonyl (C=O) groups excluding carboxylic acids is 1. The number of amides is 1. The van der Waals surface area contributed by atoms with E-state index >= 15 is 0 Å². The second-order valence-corrected chi connectivity index (χ2v) is 5.04. The monoisotopic (exact) mass is 368 g/mol. The van der Waals surface area contributed by atoms with Crippen LogP contribution in [0, 0.1) is 10.1 Å². The first-order valence-electron chi connectivity index (χ1n) is 6.81. The number of halogens is 3. The van der Waals surface area contributed by atoms with Crippen molar-refractivity contribution < 1.29 is 27.3 Å². The molecule has 12 heteroatoms. The molecule has 0 spiro atoms. The molecule has 134 valence electrons. The molecule has 0 unspecified atom stereocenters. The zero-order valence-corrected chi connectivity index (χ0v) is 12.5. The number of aromatic amines is 1. The van der Waals surface area contributed by atoms with Gasteiger partial charge in [-0.15, -0.1) is 5.10 Å². The lowest BCUT2D eigenvalue weighted by Crippen LogP contribution is -2.13. The number of nitrogens with one attached hydrogen (secondary N) is 2. The van der Waals surface area contributed by atoms with Crippen molar-refractivity contribution in [2.75, 3.05) is 5.32 Å². The van der Waals surface area contributed by atoms with Gasteiger partial charge in [0.15, 0.2) is 5.69 Å². The van der Waals surface area contributed by atoms with Crippen LogP contribution in [-0.2, 0) is 6.18 Å². The summed E-state index contributed by atoms with van der Waals surface area (Å²) < 4.78 is 43.7. The van der Waals surface area contributed by atoms with Gasteiger partial charge in [0.25, 0.3) is 5.91 Å². The fraction of sp³-hybridized carbons (Fsp3) is 0.0714. The molecule has 0 atom stereocenters. The molecule has 0 aliphatic carbocycles. The molecule has 2 heterocycles. The van der Waals surface area contributed by atoms with E-state index in [9.17, 15) is 32.9 Å². The molecule has 3 rings (SSSR count). The standard InChI is InChI=1S/C14H7F3N4O5/c15-14(16,17)8-4-12(22)26-10-3-6(1-2-7(8)10)18-13(23)9-5-11(20-19-9)21(24)25/h1-5H,(H,18,23)(H,19,20). The SMILES string of the molecule is O=C(Nc1ccc2c(C(F)(F)F)cc(=O)oc2c1)c1cc([N+](=O)[O-])[nH]n1. The number of benzene rings is 1. The minimum absolute atomic E-state index is 0.00984. The van der Waals surface area contributed by atoms with Gasteiger partial charge in [-0.05, 0) is 17.1 Å². The second kappa shape index (κ2) is 5.98. The normalized spacial score (nSPS) is 11.5. The molecular weight excluding hydrogens is 361 g/mol. The Morgan fingerprint density at radius 1 is 1.27 bits per heavy atom. The molecule has 1 aromatic carbocycles. The van der Waals surface area contributed by atoms with E-state index in [2.05, 4.69) is 10.4 Å². The van der Waals surface area contributed by atoms with Crippen LogP contribution in [0.2, 0.25) is 0 Å². The van der Waals surface area contributed by atoms with Gasteiger partial charge in [0.1, 0.15) is 5.58 Å². The number of aromatic nitrogens is 2. The lowest BCUT2D eigenvalue weighted by Gasteiger charge is -2.10. The molecule has 2 aromatic heterocycles. The Balaban J connectivity index is 1.95. The zero-order chi connectivity index (χ0) is 19.1. The number of nitrogens with zero attached hydrogens (tertiary/aromatic N) is 2. The number of anilines is 1. The van der Waals surface area contributed by atoms with Crippen LogP contribution in [0.15, 0.2) is 39.5 Å². The van der Waals surface area contributed by atoms with E-state index < -0.39 is 34.0 Å². The summed E-state index contributed by atoms with van der Waals surface area (Å²) in [4.78, 5) is 33.1. The predicted octanol–water partition coefficient (Wildman–Crippen LogP) is 2.70. The Morgan fingerprint density at radius 3 is 2.62 bits per heavy atom. The average Bonchev–Trinajstić information content (AvgIpc) is 3.03. The van der Waals surface area contributed by atoms with E-state index in [0.29, 0.717) is 6.07 Å². The van der Waals surface area contributed by atoms with E-state index in [4.69, 9.17) is 4.42 Å². The van der Waals surface area contributed by atoms with Crippen molar-refractivity contribution in [2.24, 2.45) is 0 Å². The molecular formula is C14H7F3N4O5. The van der Waals surface area contributed by atoms with Gasteiger partial charge in [-0.1, -0.05) is 5.10 Å². The minimum atomic E-state index is -4.76. The first-order valence-corrected chi connectivity index (χ1v) is 6.81. The van der Waals surface area contributed by atoms with E-state index in [1.54, 1.807) is 0 Å². The zero-order valence-electron chi connectivity index (χ0n) is 12.5. The van der Waals surface area contributed by atoms with Gasteiger partial charge in [-0.3, -0.25) is 4.79 Å². The third-order valence-electron chi connectivity index (χ3n) is 3.30. The van der Waals surface area contributed by atoms with E-state index in [0.717, 1.165) is 24.3 Å². The largest absolute Gasteiger partial charge is 0.423 e. The van der Waals surface area contributed by atoms with Crippen LogP contribution in [0.3, 0.4) is 0 Å². The van der Waals surface area contributed by atoms with Crippen LogP contribution < -0.4 is 10.9 Å². The molecule has 9 nitrogen and oxygen atoms in total. The Hall–Kier alpha value is -3.70. The van der Waals surface area contributed by atoms with E-state index in [1.807, 2.05) is 5.10 Å². The predicted molar refractivity (Wildman–Crippen MR) is 80.7 cm³/mol. The van der Waals surface area contributed by atoms with Crippen molar-refractivity contribution in [2.45, 2.75) is 6.18 Å². The minimum Gasteiger partial charge on any atom is -0.423 e. The van der Waals surface area contributed by atoms with Crippen LogP contribution in [0.5, 0.6) is 0 Å². The Labute approximate surface area is 140 Å². The van der Waals surface area contributed by atoms with Gasteiger partial charge in [-0.2, -0.15) is 13.2 Å². The van der Waals surface area contributed by atoms with Gasteiger partial charge in [0, 0.05) is 23.2 Å². The van der Waals surface area contributed by atoms with E-state index in [1.165, 1.54) is 0 Å². The van der Waals surface area contributed by atoms with Crippen molar-refractivity contribution in [1.82, 2.24) is 10.2 Å². The molecule has 0 radical (unpaired) electrons. The van der Waals surface area contributed by atoms with Crippen LogP contribution in [0.4, 0.5) is 24.7 Å². The van der Waals surface area contributed by atoms with Crippen molar-refractivity contribution >= 4 is 28.4 Å². The van der Waals surface area contributed by atoms with Gasteiger partial charge in [0.05, 0.1) is 11.6 Å². The summed E-state index contributed by atoms with van der Waals surface area (Å²) in [7, 11) is 0. The van der Waals surface area contributed by atoms with Crippen LogP contribution in [-0.4, -0.2) is 21.0 Å². The molecule has 1 amide bonds. The maximum absolute atomic E-state index is 13.0. The highest BCUT2D eigenvalue weighted by molar-refractivity contribution is 6.04. The maximum atomic E-state index is 13.0. The quantitative estimate of drug-likeness (QED) is 0.415. The summed E-state index contributed by atoms with van der Waals surface area (Å²) >= 11 is 0. The molecule has 2 N–H and O–H groups in total. The van der Waals surface area contributed by atoms with E-state index in [-0.39, 0.29) is 22.4 Å². The topological polar surface area (TPSA) is 131 Å². The number of hydrogen-bond donors (Lipinski definition) is 2. The van der Waals surface area contributed by atoms with Crippen LogP contribution in [0.25, 0.3) is 11.0 Å². The second-order valence-electron chi connectivity index (χ2n) is 5.04. The maximum Gasteiger partial charge on any atom is 0.417 e. The Kier molecular flexibility index (Phi) is 3.94. The van der Waals surface area contributed by atoms with Crippen molar-refractivity contribution in [1.29, 1.82) is 0 Å². The highest BCUT2D eigenvalue weighted by Crippen LogP contribution is 2.34. The molecule has 0 bridgehead atoms. The number of nitro groups is 1. The van der Waals surface area contributed by atoms with Gasteiger partial charge in [-0.25, -0.2) is 4.79 Å². The Bertz CT molecular complexity index is 1090. The fourth-order valence-corrected chi connectivity index (χ4v) is 2.19. The third kappa shape index (κ3) is 3.24. The number of carbonyl (C=O) groups is 1. The molecule has 0 saturated carbocycles. The smallest absolute Gasteiger partial charge is 0.417 e. The summed E-state index contributed by atoms with van der Waals surface area (Å²) in [5, 5.41) is 18.0. The number of alkyl halides is 3. The van der Waals surface area contributed by atoms with Gasteiger partial charge in [0.2, 0.25) is 0 Å². The third-order valence-corrected chi connectivity index (χ3v) is 3.30. The van der Waals surface area contributed by atoms with Gasteiger partial charge < -0.3 is 19.8 Å². The first-order chi connectivity index (χ1) is 12.1. The number of hydrogen-bond acceptors (Lipinski definition) is 6. The summed E-state index contributed by atoms with van der Waals surface area (Å²) in [6.45, 7) is 0. The average molecular weight is 368 g/mol. The summed E-state index contributed by atoms with van der Waals surface area (Å²) in [6, 6.07) is 4.45. The molecule has 0 aliphatic rings. The molecule has 0 saturated heterocycles. The molecule has 0 fully saturated rings.